The Kier molecular flexibility index (Phi) is 9.36. The first-order valence-corrected chi connectivity index (χ1v) is 14.2. The number of imidazole rings is 1. The van der Waals surface area contributed by atoms with E-state index in [1.54, 1.807) is 30.0 Å². The Labute approximate surface area is 233 Å². The van der Waals surface area contributed by atoms with Crippen LogP contribution in [0.2, 0.25) is 10.0 Å². The molecule has 0 aliphatic carbocycles. The van der Waals surface area contributed by atoms with E-state index < -0.39 is 0 Å². The largest absolute Gasteiger partial charge is 0.352 e. The second-order valence-electron chi connectivity index (χ2n) is 9.00. The van der Waals surface area contributed by atoms with Crippen LogP contribution in [0.5, 0.6) is 0 Å². The summed E-state index contributed by atoms with van der Waals surface area (Å²) in [5, 5.41) is 4.84. The predicted octanol–water partition coefficient (Wildman–Crippen LogP) is 8.46. The topological polar surface area (TPSA) is 46.9 Å². The van der Waals surface area contributed by atoms with Gasteiger partial charge in [-0.25, -0.2) is 4.98 Å². The van der Waals surface area contributed by atoms with E-state index in [-0.39, 0.29) is 5.91 Å². The lowest BCUT2D eigenvalue weighted by Crippen LogP contribution is -2.24. The lowest BCUT2D eigenvalue weighted by molar-refractivity contribution is 0.0953. The van der Waals surface area contributed by atoms with Crippen LogP contribution in [-0.2, 0) is 6.54 Å². The fourth-order valence-corrected chi connectivity index (χ4v) is 5.67. The summed E-state index contributed by atoms with van der Waals surface area (Å²) in [6, 6.07) is 22.1. The minimum absolute atomic E-state index is 0.179. The van der Waals surface area contributed by atoms with Crippen LogP contribution in [0.1, 0.15) is 41.3 Å². The number of amides is 1. The monoisotopic (exact) mass is 551 g/mol. The zero-order chi connectivity index (χ0) is 26.4. The molecular weight excluding hydrogens is 521 g/mol. The van der Waals surface area contributed by atoms with E-state index in [1.165, 1.54) is 16.7 Å². The number of aryl methyl sites for hydroxylation is 2. The van der Waals surface area contributed by atoms with Crippen molar-refractivity contribution in [1.29, 1.82) is 0 Å². The molecule has 3 aromatic carbocycles. The van der Waals surface area contributed by atoms with E-state index in [0.717, 1.165) is 47.2 Å². The van der Waals surface area contributed by atoms with E-state index in [0.29, 0.717) is 22.2 Å². The molecule has 0 atom stereocenters. The zero-order valence-electron chi connectivity index (χ0n) is 21.4. The van der Waals surface area contributed by atoms with Crippen LogP contribution in [-0.4, -0.2) is 27.8 Å². The Hall–Kier alpha value is -2.73. The highest BCUT2D eigenvalue weighted by molar-refractivity contribution is 7.99. The third kappa shape index (κ3) is 6.78. The van der Waals surface area contributed by atoms with Crippen molar-refractivity contribution in [3.63, 3.8) is 0 Å². The number of nitrogens with one attached hydrogen (secondary N) is 1. The highest BCUT2D eigenvalue weighted by atomic mass is 35.5. The number of hydrogen-bond acceptors (Lipinski definition) is 3. The number of nitrogens with zero attached hydrogens (tertiary/aromatic N) is 2. The maximum absolute atomic E-state index is 12.4. The molecule has 0 saturated heterocycles. The summed E-state index contributed by atoms with van der Waals surface area (Å²) >= 11 is 13.8. The molecule has 1 N–H and O–H groups in total. The van der Waals surface area contributed by atoms with Crippen molar-refractivity contribution in [2.45, 2.75) is 45.3 Å². The van der Waals surface area contributed by atoms with Gasteiger partial charge in [-0.05, 0) is 51.8 Å². The minimum Gasteiger partial charge on any atom is -0.352 e. The quantitative estimate of drug-likeness (QED) is 0.159. The highest BCUT2D eigenvalue weighted by Crippen LogP contribution is 2.36. The predicted molar refractivity (Wildman–Crippen MR) is 157 cm³/mol. The maximum Gasteiger partial charge on any atom is 0.252 e. The van der Waals surface area contributed by atoms with Crippen molar-refractivity contribution in [2.75, 3.05) is 12.3 Å². The Morgan fingerprint density at radius 2 is 1.57 bits per heavy atom. The van der Waals surface area contributed by atoms with Crippen LogP contribution in [0.4, 0.5) is 0 Å². The molecule has 4 aromatic rings. The smallest absolute Gasteiger partial charge is 0.252 e. The van der Waals surface area contributed by atoms with Crippen molar-refractivity contribution in [3.8, 4) is 22.5 Å². The molecule has 0 saturated carbocycles. The van der Waals surface area contributed by atoms with Gasteiger partial charge in [-0.1, -0.05) is 94.6 Å². The van der Waals surface area contributed by atoms with Crippen LogP contribution >= 0.6 is 35.0 Å². The Bertz CT molecular complexity index is 1370. The molecule has 4 nitrogen and oxygen atoms in total. The van der Waals surface area contributed by atoms with Gasteiger partial charge in [-0.2, -0.15) is 0 Å². The number of carbonyl (C=O) groups is 1. The van der Waals surface area contributed by atoms with Gasteiger partial charge in [0.05, 0.1) is 22.0 Å². The molecule has 0 bridgehead atoms. The molecule has 0 unspecified atom stereocenters. The molecule has 192 valence electrons. The Morgan fingerprint density at radius 1 is 0.919 bits per heavy atom. The summed E-state index contributed by atoms with van der Waals surface area (Å²) in [6.45, 7) is 7.80. The second kappa shape index (κ2) is 12.7. The van der Waals surface area contributed by atoms with Gasteiger partial charge in [0.25, 0.3) is 5.91 Å². The summed E-state index contributed by atoms with van der Waals surface area (Å²) in [4.78, 5) is 17.5. The molecule has 0 aliphatic heterocycles. The summed E-state index contributed by atoms with van der Waals surface area (Å²) in [5.41, 5.74) is 7.38. The van der Waals surface area contributed by atoms with Crippen molar-refractivity contribution in [2.24, 2.45) is 0 Å². The molecule has 1 aromatic heterocycles. The van der Waals surface area contributed by atoms with Gasteiger partial charge in [-0.3, -0.25) is 4.79 Å². The summed E-state index contributed by atoms with van der Waals surface area (Å²) in [5.74, 6) is 0.733. The van der Waals surface area contributed by atoms with Crippen LogP contribution in [0.3, 0.4) is 0 Å². The van der Waals surface area contributed by atoms with Gasteiger partial charge in [0.15, 0.2) is 5.16 Å². The molecule has 0 fully saturated rings. The number of benzene rings is 3. The molecule has 4 rings (SSSR count). The van der Waals surface area contributed by atoms with Crippen LogP contribution in [0.25, 0.3) is 22.5 Å². The van der Waals surface area contributed by atoms with Gasteiger partial charge >= 0.3 is 0 Å². The number of unbranched alkanes of at least 4 members (excludes halogenated alkanes) is 1. The van der Waals surface area contributed by atoms with Crippen molar-refractivity contribution in [1.82, 2.24) is 14.9 Å². The lowest BCUT2D eigenvalue weighted by atomic mass is 10.0. The number of carbonyl (C=O) groups excluding carboxylic acids is 1. The van der Waals surface area contributed by atoms with Crippen LogP contribution < -0.4 is 5.32 Å². The summed E-state index contributed by atoms with van der Waals surface area (Å²) in [7, 11) is 0. The first-order valence-electron chi connectivity index (χ1n) is 12.5. The minimum atomic E-state index is -0.179. The van der Waals surface area contributed by atoms with Crippen molar-refractivity contribution >= 4 is 40.9 Å². The van der Waals surface area contributed by atoms with E-state index in [4.69, 9.17) is 28.2 Å². The fraction of sp³-hybridized carbons (Fsp3) is 0.267. The molecule has 0 radical (unpaired) electrons. The third-order valence-corrected chi connectivity index (χ3v) is 7.77. The first-order chi connectivity index (χ1) is 17.9. The normalized spacial score (nSPS) is 11.1. The van der Waals surface area contributed by atoms with E-state index >= 15 is 0 Å². The number of halogens is 2. The zero-order valence-corrected chi connectivity index (χ0v) is 23.7. The van der Waals surface area contributed by atoms with Gasteiger partial charge in [0, 0.05) is 35.0 Å². The highest BCUT2D eigenvalue weighted by Gasteiger charge is 2.19. The van der Waals surface area contributed by atoms with Crippen LogP contribution in [0.15, 0.2) is 71.9 Å². The fourth-order valence-electron chi connectivity index (χ4n) is 4.11. The average Bonchev–Trinajstić information content (AvgIpc) is 3.25. The van der Waals surface area contributed by atoms with Gasteiger partial charge in [-0.15, -0.1) is 0 Å². The third-order valence-electron chi connectivity index (χ3n) is 6.16. The summed E-state index contributed by atoms with van der Waals surface area (Å²) in [6.07, 6.45) is 1.82. The average molecular weight is 553 g/mol. The molecule has 0 aliphatic rings. The Morgan fingerprint density at radius 3 is 2.19 bits per heavy atom. The van der Waals surface area contributed by atoms with Gasteiger partial charge < -0.3 is 9.88 Å². The molecular formula is C30H31Cl2N3OS. The lowest BCUT2D eigenvalue weighted by Gasteiger charge is -2.11. The molecule has 37 heavy (non-hydrogen) atoms. The van der Waals surface area contributed by atoms with Gasteiger partial charge in [0.2, 0.25) is 0 Å². The second-order valence-corrected chi connectivity index (χ2v) is 10.9. The van der Waals surface area contributed by atoms with E-state index in [2.05, 4.69) is 79.2 Å². The number of rotatable bonds is 10. The molecule has 7 heteroatoms. The first kappa shape index (κ1) is 27.3. The number of hydrogen-bond donors (Lipinski definition) is 1. The number of thioether (sulfide) groups is 1. The standard InChI is InChI=1S/C30H31Cl2N3OS/c1-4-35-28(23-13-9-21(3)10-14-23)27(22-11-7-20(2)8-12-22)34-30(35)37-18-6-5-17-33-29(36)25-16-15-24(31)19-26(25)32/h7-16,19H,4-6,17-18H2,1-3H3,(H,33,36). The Balaban J connectivity index is 1.43. The maximum atomic E-state index is 12.4. The van der Waals surface area contributed by atoms with Crippen molar-refractivity contribution < 1.29 is 4.79 Å². The molecule has 0 spiro atoms. The van der Waals surface area contributed by atoms with E-state index in [9.17, 15) is 4.79 Å². The van der Waals surface area contributed by atoms with E-state index in [1.807, 2.05) is 0 Å². The van der Waals surface area contributed by atoms with Crippen LogP contribution in [0, 0.1) is 13.8 Å². The molecule has 1 amide bonds. The molecule has 1 heterocycles. The van der Waals surface area contributed by atoms with Gasteiger partial charge in [0.1, 0.15) is 0 Å². The number of aromatic nitrogens is 2. The van der Waals surface area contributed by atoms with Crippen molar-refractivity contribution in [3.05, 3.63) is 93.5 Å². The summed E-state index contributed by atoms with van der Waals surface area (Å²) < 4.78 is 2.31. The SMILES string of the molecule is CCn1c(SCCCCNC(=O)c2ccc(Cl)cc2Cl)nc(-c2ccc(C)cc2)c1-c1ccc(C)cc1.